The summed E-state index contributed by atoms with van der Waals surface area (Å²) >= 11 is 0. The van der Waals surface area contributed by atoms with E-state index in [2.05, 4.69) is 16.0 Å². The van der Waals surface area contributed by atoms with E-state index in [-0.39, 0.29) is 5.69 Å². The van der Waals surface area contributed by atoms with E-state index in [1.165, 1.54) is 18.9 Å². The van der Waals surface area contributed by atoms with E-state index in [1.54, 1.807) is 4.57 Å². The molecule has 2 aromatic rings. The van der Waals surface area contributed by atoms with Crippen molar-refractivity contribution >= 4 is 11.7 Å². The van der Waals surface area contributed by atoms with Crippen molar-refractivity contribution < 1.29 is 9.90 Å². The molecule has 116 valence electrons. The largest absolute Gasteiger partial charge is 0.476 e. The van der Waals surface area contributed by atoms with Crippen molar-refractivity contribution in [2.24, 2.45) is 11.8 Å². The molecule has 1 aromatic heterocycles. The molecule has 1 saturated heterocycles. The Morgan fingerprint density at radius 1 is 1.39 bits per heavy atom. The first-order valence-corrected chi connectivity index (χ1v) is 7.67. The van der Waals surface area contributed by atoms with Crippen LogP contribution < -0.4 is 4.90 Å². The Morgan fingerprint density at radius 3 is 2.83 bits per heavy atom. The third-order valence-electron chi connectivity index (χ3n) is 4.72. The van der Waals surface area contributed by atoms with Crippen molar-refractivity contribution in [3.05, 3.63) is 47.5 Å². The van der Waals surface area contributed by atoms with Crippen molar-refractivity contribution in [3.63, 3.8) is 0 Å². The van der Waals surface area contributed by atoms with Crippen LogP contribution in [0, 0.1) is 23.2 Å². The maximum atomic E-state index is 10.9. The van der Waals surface area contributed by atoms with E-state index in [4.69, 9.17) is 5.11 Å². The number of hydrogen-bond acceptors (Lipinski definition) is 4. The monoisotopic (exact) mass is 308 g/mol. The molecule has 2 atom stereocenters. The highest BCUT2D eigenvalue weighted by atomic mass is 16.4. The fourth-order valence-electron chi connectivity index (χ4n) is 3.41. The summed E-state index contributed by atoms with van der Waals surface area (Å²) < 4.78 is 1.71. The highest BCUT2D eigenvalue weighted by molar-refractivity contribution is 5.84. The van der Waals surface area contributed by atoms with Crippen LogP contribution in [0.3, 0.4) is 0 Å². The Hall–Kier alpha value is -2.81. The Morgan fingerprint density at radius 2 is 2.17 bits per heavy atom. The molecule has 23 heavy (non-hydrogen) atoms. The smallest absolute Gasteiger partial charge is 0.356 e. The molecular formula is C17H16N4O2. The van der Waals surface area contributed by atoms with Crippen LogP contribution in [-0.2, 0) is 6.54 Å². The highest BCUT2D eigenvalue weighted by Gasteiger charge is 2.45. The molecule has 1 saturated carbocycles. The van der Waals surface area contributed by atoms with Crippen LogP contribution in [0.4, 0.5) is 5.69 Å². The fraction of sp³-hybridized carbons (Fsp3) is 0.353. The molecule has 1 aliphatic heterocycles. The Labute approximate surface area is 133 Å². The topological polar surface area (TPSA) is 82.1 Å². The first-order chi connectivity index (χ1) is 11.1. The molecule has 0 amide bonds. The van der Waals surface area contributed by atoms with Crippen molar-refractivity contribution in [1.29, 1.82) is 5.26 Å². The number of aromatic nitrogens is 2. The third-order valence-corrected chi connectivity index (χ3v) is 4.72. The maximum Gasteiger partial charge on any atom is 0.356 e. The Kier molecular flexibility index (Phi) is 3.08. The lowest BCUT2D eigenvalue weighted by atomic mass is 10.1. The molecule has 2 fully saturated rings. The molecule has 1 aromatic carbocycles. The molecule has 6 nitrogen and oxygen atoms in total. The molecule has 2 unspecified atom stereocenters. The summed E-state index contributed by atoms with van der Waals surface area (Å²) in [5.74, 6) is 0.604. The van der Waals surface area contributed by atoms with Crippen molar-refractivity contribution in [3.8, 4) is 6.07 Å². The van der Waals surface area contributed by atoms with Gasteiger partial charge in [0.2, 0.25) is 0 Å². The normalized spacial score (nSPS) is 21.8. The van der Waals surface area contributed by atoms with Crippen LogP contribution in [0.15, 0.2) is 30.7 Å². The lowest BCUT2D eigenvalue weighted by Crippen LogP contribution is -2.22. The average molecular weight is 308 g/mol. The first-order valence-electron chi connectivity index (χ1n) is 7.67. The number of imidazole rings is 1. The van der Waals surface area contributed by atoms with Crippen LogP contribution in [0.2, 0.25) is 0 Å². The Bertz CT molecular complexity index is 810. The van der Waals surface area contributed by atoms with Gasteiger partial charge < -0.3 is 14.6 Å². The SMILES string of the molecule is N#Cc1cc(Cn2cnc(C(=O)O)c2)ccc1N1CC2CC2C1. The standard InChI is InChI=1S/C17H16N4O2/c18-5-12-3-11(6-20-9-15(17(22)23)19-10-20)1-2-16(12)21-7-13-4-14(13)8-21/h1-3,9-10,13-14H,4,6-8H2,(H,22,23). The molecule has 0 spiro atoms. The van der Waals surface area contributed by atoms with Gasteiger partial charge in [-0.25, -0.2) is 9.78 Å². The summed E-state index contributed by atoms with van der Waals surface area (Å²) in [6.07, 6.45) is 4.33. The molecule has 6 heteroatoms. The first kappa shape index (κ1) is 13.8. The fourth-order valence-corrected chi connectivity index (χ4v) is 3.41. The number of nitrogens with zero attached hydrogens (tertiary/aromatic N) is 4. The molecule has 0 radical (unpaired) electrons. The summed E-state index contributed by atoms with van der Waals surface area (Å²) in [4.78, 5) is 17.0. The number of carboxylic acid groups (broad SMARTS) is 1. The minimum Gasteiger partial charge on any atom is -0.476 e. The summed E-state index contributed by atoms with van der Waals surface area (Å²) in [5, 5.41) is 18.4. The van der Waals surface area contributed by atoms with Crippen molar-refractivity contribution in [2.75, 3.05) is 18.0 Å². The summed E-state index contributed by atoms with van der Waals surface area (Å²) in [5.41, 5.74) is 2.69. The molecule has 2 aliphatic rings. The molecule has 1 N–H and O–H groups in total. The summed E-state index contributed by atoms with van der Waals surface area (Å²) in [7, 11) is 0. The number of aromatic carboxylic acids is 1. The number of carboxylic acids is 1. The number of rotatable bonds is 4. The number of carbonyl (C=O) groups is 1. The molecule has 1 aliphatic carbocycles. The second-order valence-corrected chi connectivity index (χ2v) is 6.36. The van der Waals surface area contributed by atoms with Gasteiger partial charge >= 0.3 is 5.97 Å². The summed E-state index contributed by atoms with van der Waals surface area (Å²) in [6, 6.07) is 8.19. The predicted molar refractivity (Wildman–Crippen MR) is 83.3 cm³/mol. The quantitative estimate of drug-likeness (QED) is 0.933. The highest BCUT2D eigenvalue weighted by Crippen LogP contribution is 2.46. The number of nitriles is 1. The number of benzene rings is 1. The molecular weight excluding hydrogens is 292 g/mol. The number of anilines is 1. The Balaban J connectivity index is 1.55. The van der Waals surface area contributed by atoms with Crippen LogP contribution in [0.1, 0.15) is 28.0 Å². The zero-order chi connectivity index (χ0) is 16.0. The van der Waals surface area contributed by atoms with Crippen LogP contribution >= 0.6 is 0 Å². The van der Waals surface area contributed by atoms with Crippen LogP contribution in [0.5, 0.6) is 0 Å². The number of fused-ring (bicyclic) bond motifs is 1. The van der Waals surface area contributed by atoms with E-state index in [0.717, 1.165) is 36.2 Å². The van der Waals surface area contributed by atoms with Gasteiger partial charge in [0, 0.05) is 25.8 Å². The van der Waals surface area contributed by atoms with Crippen LogP contribution in [-0.4, -0.2) is 33.7 Å². The lowest BCUT2D eigenvalue weighted by molar-refractivity contribution is 0.0691. The second kappa shape index (κ2) is 5.13. The number of hydrogen-bond donors (Lipinski definition) is 1. The second-order valence-electron chi connectivity index (χ2n) is 6.36. The van der Waals surface area contributed by atoms with Gasteiger partial charge in [0.25, 0.3) is 0 Å². The van der Waals surface area contributed by atoms with Gasteiger partial charge in [-0.2, -0.15) is 5.26 Å². The minimum absolute atomic E-state index is 0.0263. The lowest BCUT2D eigenvalue weighted by Gasteiger charge is -2.22. The molecule has 0 bridgehead atoms. The molecule has 2 heterocycles. The third kappa shape index (κ3) is 2.55. The summed E-state index contributed by atoms with van der Waals surface area (Å²) in [6.45, 7) is 2.62. The number of piperidine rings is 1. The van der Waals surface area contributed by atoms with Gasteiger partial charge in [-0.3, -0.25) is 0 Å². The van der Waals surface area contributed by atoms with Crippen molar-refractivity contribution in [2.45, 2.75) is 13.0 Å². The van der Waals surface area contributed by atoms with E-state index >= 15 is 0 Å². The van der Waals surface area contributed by atoms with Gasteiger partial charge in [-0.05, 0) is 36.0 Å². The minimum atomic E-state index is -1.04. The van der Waals surface area contributed by atoms with Crippen molar-refractivity contribution in [1.82, 2.24) is 9.55 Å². The van der Waals surface area contributed by atoms with Gasteiger partial charge in [-0.15, -0.1) is 0 Å². The zero-order valence-electron chi connectivity index (χ0n) is 12.5. The zero-order valence-corrected chi connectivity index (χ0v) is 12.5. The van der Waals surface area contributed by atoms with Gasteiger partial charge in [-0.1, -0.05) is 6.07 Å². The van der Waals surface area contributed by atoms with E-state index in [9.17, 15) is 10.1 Å². The average Bonchev–Trinajstić information content (AvgIpc) is 2.96. The van der Waals surface area contributed by atoms with Gasteiger partial charge in [0.1, 0.15) is 6.07 Å². The van der Waals surface area contributed by atoms with Gasteiger partial charge in [0.05, 0.1) is 17.6 Å². The van der Waals surface area contributed by atoms with E-state index in [1.807, 2.05) is 18.2 Å². The van der Waals surface area contributed by atoms with Crippen LogP contribution in [0.25, 0.3) is 0 Å². The van der Waals surface area contributed by atoms with E-state index in [0.29, 0.717) is 12.1 Å². The predicted octanol–water partition coefficient (Wildman–Crippen LogP) is 1.96. The van der Waals surface area contributed by atoms with E-state index < -0.39 is 5.97 Å². The van der Waals surface area contributed by atoms with Gasteiger partial charge in [0.15, 0.2) is 5.69 Å². The maximum absolute atomic E-state index is 10.9. The molecule has 4 rings (SSSR count).